The fraction of sp³-hybridized carbons (Fsp3) is 0.250. The number of hydrogen-bond donors (Lipinski definition) is 1. The maximum atomic E-state index is 14.2. The van der Waals surface area contributed by atoms with E-state index in [-0.39, 0.29) is 28.6 Å². The SMILES string of the molecule is COc1c(-c2cc(N)no2)cc(F)c(S(C)(=O)=O)c1OC. The maximum Gasteiger partial charge on any atom is 0.183 e. The van der Waals surface area contributed by atoms with Gasteiger partial charge in [-0.3, -0.25) is 0 Å². The molecule has 0 bridgehead atoms. The molecule has 0 fully saturated rings. The summed E-state index contributed by atoms with van der Waals surface area (Å²) in [5.41, 5.74) is 5.59. The minimum absolute atomic E-state index is 0.00970. The summed E-state index contributed by atoms with van der Waals surface area (Å²) in [6.07, 6.45) is 0.874. The number of rotatable bonds is 4. The van der Waals surface area contributed by atoms with Crippen molar-refractivity contribution < 1.29 is 26.8 Å². The zero-order chi connectivity index (χ0) is 15.8. The van der Waals surface area contributed by atoms with Crippen molar-refractivity contribution in [3.63, 3.8) is 0 Å². The van der Waals surface area contributed by atoms with Gasteiger partial charge < -0.3 is 19.7 Å². The highest BCUT2D eigenvalue weighted by Gasteiger charge is 2.28. The van der Waals surface area contributed by atoms with Gasteiger partial charge in [0.25, 0.3) is 0 Å². The number of nitrogens with two attached hydrogens (primary N) is 1. The third-order valence-corrected chi connectivity index (χ3v) is 3.84. The molecule has 1 aromatic carbocycles. The van der Waals surface area contributed by atoms with Gasteiger partial charge in [0.05, 0.1) is 19.8 Å². The highest BCUT2D eigenvalue weighted by atomic mass is 32.2. The Balaban J connectivity index is 2.84. The maximum absolute atomic E-state index is 14.2. The lowest BCUT2D eigenvalue weighted by atomic mass is 10.1. The van der Waals surface area contributed by atoms with Crippen LogP contribution in [0.1, 0.15) is 0 Å². The van der Waals surface area contributed by atoms with Gasteiger partial charge in [-0.1, -0.05) is 5.16 Å². The Morgan fingerprint density at radius 2 is 1.86 bits per heavy atom. The Morgan fingerprint density at radius 3 is 2.29 bits per heavy atom. The summed E-state index contributed by atoms with van der Waals surface area (Å²) in [4.78, 5) is -0.585. The van der Waals surface area contributed by atoms with Gasteiger partial charge in [0.2, 0.25) is 0 Å². The van der Waals surface area contributed by atoms with Gasteiger partial charge in [-0.05, 0) is 6.07 Å². The molecule has 0 atom stereocenters. The van der Waals surface area contributed by atoms with Crippen molar-refractivity contribution in [3.05, 3.63) is 17.9 Å². The standard InChI is InChI=1S/C12H13FN2O5S/c1-18-10-6(8-5-9(14)15-20-8)4-7(13)12(11(10)19-2)21(3,16)17/h4-5H,1-3H3,(H2,14,15). The summed E-state index contributed by atoms with van der Waals surface area (Å²) in [6, 6.07) is 2.33. The minimum atomic E-state index is -3.85. The van der Waals surface area contributed by atoms with E-state index in [0.717, 1.165) is 12.3 Å². The van der Waals surface area contributed by atoms with Crippen LogP contribution in [0.25, 0.3) is 11.3 Å². The zero-order valence-corrected chi connectivity index (χ0v) is 12.3. The monoisotopic (exact) mass is 316 g/mol. The molecule has 0 amide bonds. The molecule has 7 nitrogen and oxygen atoms in total. The van der Waals surface area contributed by atoms with Crippen LogP contribution in [0.5, 0.6) is 11.5 Å². The van der Waals surface area contributed by atoms with Gasteiger partial charge in [0, 0.05) is 12.3 Å². The lowest BCUT2D eigenvalue weighted by Crippen LogP contribution is -2.06. The van der Waals surface area contributed by atoms with Crippen molar-refractivity contribution in [2.45, 2.75) is 4.90 Å². The van der Waals surface area contributed by atoms with E-state index < -0.39 is 20.5 Å². The van der Waals surface area contributed by atoms with Crippen LogP contribution in [0.15, 0.2) is 21.6 Å². The predicted molar refractivity (Wildman–Crippen MR) is 72.5 cm³/mol. The molecule has 21 heavy (non-hydrogen) atoms. The molecule has 1 heterocycles. The largest absolute Gasteiger partial charge is 0.492 e. The molecule has 2 N–H and O–H groups in total. The molecule has 0 aliphatic rings. The summed E-state index contributed by atoms with van der Waals surface area (Å²) >= 11 is 0. The topological polar surface area (TPSA) is 105 Å². The van der Waals surface area contributed by atoms with Gasteiger partial charge >= 0.3 is 0 Å². The van der Waals surface area contributed by atoms with Gasteiger partial charge in [0.1, 0.15) is 10.7 Å². The van der Waals surface area contributed by atoms with Gasteiger partial charge in [-0.15, -0.1) is 0 Å². The molecule has 1 aromatic heterocycles. The van der Waals surface area contributed by atoms with Crippen LogP contribution in [0.2, 0.25) is 0 Å². The van der Waals surface area contributed by atoms with Crippen molar-refractivity contribution in [1.29, 1.82) is 0 Å². The van der Waals surface area contributed by atoms with Crippen molar-refractivity contribution in [2.75, 3.05) is 26.2 Å². The first-order valence-electron chi connectivity index (χ1n) is 5.66. The number of ether oxygens (including phenoxy) is 2. The van der Waals surface area contributed by atoms with Crippen LogP contribution in [0.3, 0.4) is 0 Å². The van der Waals surface area contributed by atoms with E-state index in [2.05, 4.69) is 5.16 Å². The summed E-state index contributed by atoms with van der Waals surface area (Å²) in [5.74, 6) is -0.999. The summed E-state index contributed by atoms with van der Waals surface area (Å²) in [6.45, 7) is 0. The van der Waals surface area contributed by atoms with Crippen LogP contribution in [0.4, 0.5) is 10.2 Å². The number of halogens is 1. The lowest BCUT2D eigenvalue weighted by Gasteiger charge is -2.15. The molecule has 9 heteroatoms. The van der Waals surface area contributed by atoms with Crippen LogP contribution >= 0.6 is 0 Å². The fourth-order valence-corrected chi connectivity index (χ4v) is 2.85. The number of methoxy groups -OCH3 is 2. The first-order chi connectivity index (χ1) is 9.79. The molecule has 2 aromatic rings. The Kier molecular flexibility index (Phi) is 3.77. The van der Waals surface area contributed by atoms with Crippen molar-refractivity contribution in [1.82, 2.24) is 5.16 Å². The Labute approximate surface area is 120 Å². The molecule has 114 valence electrons. The fourth-order valence-electron chi connectivity index (χ4n) is 1.92. The minimum Gasteiger partial charge on any atom is -0.492 e. The first kappa shape index (κ1) is 15.1. The smallest absolute Gasteiger partial charge is 0.183 e. The van der Waals surface area contributed by atoms with Gasteiger partial charge in [-0.2, -0.15) is 0 Å². The summed E-state index contributed by atoms with van der Waals surface area (Å²) < 4.78 is 52.7. The number of sulfone groups is 1. The second kappa shape index (κ2) is 5.24. The predicted octanol–water partition coefficient (Wildman–Crippen LogP) is 1.48. The van der Waals surface area contributed by atoms with Gasteiger partial charge in [-0.25, -0.2) is 12.8 Å². The normalized spacial score (nSPS) is 11.4. The van der Waals surface area contributed by atoms with E-state index in [1.54, 1.807) is 0 Å². The third-order valence-electron chi connectivity index (χ3n) is 2.72. The van der Waals surface area contributed by atoms with Crippen molar-refractivity contribution in [2.24, 2.45) is 0 Å². The number of benzene rings is 1. The average molecular weight is 316 g/mol. The number of nitrogens with zero attached hydrogens (tertiary/aromatic N) is 1. The van der Waals surface area contributed by atoms with E-state index in [1.165, 1.54) is 20.3 Å². The quantitative estimate of drug-likeness (QED) is 0.911. The number of hydrogen-bond acceptors (Lipinski definition) is 7. The zero-order valence-electron chi connectivity index (χ0n) is 11.5. The van der Waals surface area contributed by atoms with E-state index in [0.29, 0.717) is 0 Å². The molecule has 0 unspecified atom stereocenters. The highest BCUT2D eigenvalue weighted by Crippen LogP contribution is 2.44. The molecular weight excluding hydrogens is 303 g/mol. The number of nitrogen functional groups attached to an aromatic ring is 1. The van der Waals surface area contributed by atoms with Crippen LogP contribution in [-0.2, 0) is 9.84 Å². The van der Waals surface area contributed by atoms with Gasteiger partial charge in [0.15, 0.2) is 32.9 Å². The van der Waals surface area contributed by atoms with E-state index in [4.69, 9.17) is 19.7 Å². The molecule has 0 radical (unpaired) electrons. The molecule has 0 aliphatic carbocycles. The average Bonchev–Trinajstić information content (AvgIpc) is 2.82. The first-order valence-corrected chi connectivity index (χ1v) is 7.55. The van der Waals surface area contributed by atoms with E-state index in [9.17, 15) is 12.8 Å². The Morgan fingerprint density at radius 1 is 1.24 bits per heavy atom. The molecule has 0 aliphatic heterocycles. The van der Waals surface area contributed by atoms with E-state index >= 15 is 0 Å². The Bertz CT molecular complexity index is 785. The van der Waals surface area contributed by atoms with Crippen LogP contribution < -0.4 is 15.2 Å². The number of anilines is 1. The van der Waals surface area contributed by atoms with Crippen molar-refractivity contribution in [3.8, 4) is 22.8 Å². The summed E-state index contributed by atoms with van der Waals surface area (Å²) in [7, 11) is -1.34. The van der Waals surface area contributed by atoms with E-state index in [1.807, 2.05) is 0 Å². The molecule has 0 spiro atoms. The van der Waals surface area contributed by atoms with Crippen LogP contribution in [-0.4, -0.2) is 34.0 Å². The Hall–Kier alpha value is -2.29. The lowest BCUT2D eigenvalue weighted by molar-refractivity contribution is 0.341. The van der Waals surface area contributed by atoms with Crippen LogP contribution in [0, 0.1) is 5.82 Å². The third kappa shape index (κ3) is 2.64. The molecular formula is C12H13FN2O5S. The summed E-state index contributed by atoms with van der Waals surface area (Å²) in [5, 5.41) is 3.49. The molecule has 2 rings (SSSR count). The second-order valence-corrected chi connectivity index (χ2v) is 6.14. The molecule has 0 saturated heterocycles. The highest BCUT2D eigenvalue weighted by molar-refractivity contribution is 7.90. The second-order valence-electron chi connectivity index (χ2n) is 4.19. The van der Waals surface area contributed by atoms with Crippen molar-refractivity contribution >= 4 is 15.7 Å². The number of aromatic nitrogens is 1. The molecule has 0 saturated carbocycles.